The van der Waals surface area contributed by atoms with Crippen LogP contribution in [0.2, 0.25) is 0 Å². The first-order valence-corrected chi connectivity index (χ1v) is 4.36. The van der Waals surface area contributed by atoms with Crippen molar-refractivity contribution in [3.05, 3.63) is 23.8 Å². The number of nitrogens with one attached hydrogen (secondary N) is 1. The third-order valence-electron chi connectivity index (χ3n) is 1.96. The van der Waals surface area contributed by atoms with Crippen LogP contribution in [-0.2, 0) is 0 Å². The first kappa shape index (κ1) is 8.16. The Labute approximate surface area is 77.1 Å². The number of aryl methyl sites for hydroxylation is 1. The molecule has 0 saturated heterocycles. The van der Waals surface area contributed by atoms with Gasteiger partial charge in [-0.05, 0) is 13.8 Å². The highest BCUT2D eigenvalue weighted by atomic mass is 15.1. The summed E-state index contributed by atoms with van der Waals surface area (Å²) in [6.07, 6.45) is 3.60. The second-order valence-corrected chi connectivity index (χ2v) is 3.25. The SMILES string of the molecule is Cc1ncc(C2=NCC(C)N2)cn1. The van der Waals surface area contributed by atoms with Gasteiger partial charge < -0.3 is 5.32 Å². The van der Waals surface area contributed by atoms with Crippen molar-refractivity contribution < 1.29 is 0 Å². The van der Waals surface area contributed by atoms with Crippen LogP contribution in [0.5, 0.6) is 0 Å². The number of aromatic nitrogens is 2. The van der Waals surface area contributed by atoms with Gasteiger partial charge in [0.1, 0.15) is 11.7 Å². The molecule has 2 heterocycles. The van der Waals surface area contributed by atoms with Crippen LogP contribution in [0.25, 0.3) is 0 Å². The Bertz CT molecular complexity index is 328. The second-order valence-electron chi connectivity index (χ2n) is 3.25. The summed E-state index contributed by atoms with van der Waals surface area (Å²) in [6.45, 7) is 4.81. The predicted molar refractivity (Wildman–Crippen MR) is 50.8 cm³/mol. The van der Waals surface area contributed by atoms with Gasteiger partial charge >= 0.3 is 0 Å². The Morgan fingerprint density at radius 1 is 1.38 bits per heavy atom. The lowest BCUT2D eigenvalue weighted by Crippen LogP contribution is -2.27. The molecule has 0 radical (unpaired) electrons. The minimum absolute atomic E-state index is 0.427. The quantitative estimate of drug-likeness (QED) is 0.678. The molecule has 0 bridgehead atoms. The van der Waals surface area contributed by atoms with Crippen LogP contribution in [0.15, 0.2) is 17.4 Å². The molecule has 68 valence electrons. The number of rotatable bonds is 1. The van der Waals surface area contributed by atoms with Crippen molar-refractivity contribution in [3.63, 3.8) is 0 Å². The third-order valence-corrected chi connectivity index (χ3v) is 1.96. The molecule has 0 aliphatic carbocycles. The maximum Gasteiger partial charge on any atom is 0.131 e. The highest BCUT2D eigenvalue weighted by molar-refractivity contribution is 5.99. The summed E-state index contributed by atoms with van der Waals surface area (Å²) in [4.78, 5) is 12.6. The molecule has 1 aliphatic heterocycles. The fourth-order valence-corrected chi connectivity index (χ4v) is 1.24. The van der Waals surface area contributed by atoms with E-state index in [1.165, 1.54) is 0 Å². The average molecular weight is 176 g/mol. The first-order valence-electron chi connectivity index (χ1n) is 4.36. The average Bonchev–Trinajstić information content (AvgIpc) is 2.53. The maximum absolute atomic E-state index is 4.34. The van der Waals surface area contributed by atoms with Crippen molar-refractivity contribution in [2.45, 2.75) is 19.9 Å². The molecule has 0 amide bonds. The van der Waals surface area contributed by atoms with E-state index in [1.54, 1.807) is 12.4 Å². The summed E-state index contributed by atoms with van der Waals surface area (Å²) < 4.78 is 0. The van der Waals surface area contributed by atoms with Gasteiger partial charge in [0.25, 0.3) is 0 Å². The standard InChI is InChI=1S/C9H12N4/c1-6-3-12-9(13-6)8-4-10-7(2)11-5-8/h4-6H,3H2,1-2H3,(H,12,13). The smallest absolute Gasteiger partial charge is 0.131 e. The van der Waals surface area contributed by atoms with E-state index >= 15 is 0 Å². The third kappa shape index (κ3) is 1.66. The van der Waals surface area contributed by atoms with Crippen molar-refractivity contribution in [1.82, 2.24) is 15.3 Å². The van der Waals surface area contributed by atoms with Gasteiger partial charge in [-0.2, -0.15) is 0 Å². The van der Waals surface area contributed by atoms with Crippen molar-refractivity contribution in [2.75, 3.05) is 6.54 Å². The lowest BCUT2D eigenvalue weighted by Gasteiger charge is -2.04. The fraction of sp³-hybridized carbons (Fsp3) is 0.444. The largest absolute Gasteiger partial charge is 0.365 e. The summed E-state index contributed by atoms with van der Waals surface area (Å²) in [7, 11) is 0. The zero-order valence-corrected chi connectivity index (χ0v) is 7.78. The van der Waals surface area contributed by atoms with E-state index in [1.807, 2.05) is 6.92 Å². The van der Waals surface area contributed by atoms with E-state index in [0.29, 0.717) is 6.04 Å². The van der Waals surface area contributed by atoms with E-state index in [-0.39, 0.29) is 0 Å². The number of nitrogens with zero attached hydrogens (tertiary/aromatic N) is 3. The molecule has 1 aromatic rings. The van der Waals surface area contributed by atoms with Crippen LogP contribution in [0, 0.1) is 6.92 Å². The Balaban J connectivity index is 2.22. The molecule has 4 nitrogen and oxygen atoms in total. The summed E-state index contributed by atoms with van der Waals surface area (Å²) in [5, 5.41) is 3.26. The Kier molecular flexibility index (Phi) is 1.96. The van der Waals surface area contributed by atoms with Crippen LogP contribution in [0.1, 0.15) is 18.3 Å². The molecule has 4 heteroatoms. The van der Waals surface area contributed by atoms with Gasteiger partial charge in [-0.1, -0.05) is 0 Å². The van der Waals surface area contributed by atoms with Crippen LogP contribution in [0.3, 0.4) is 0 Å². The topological polar surface area (TPSA) is 50.2 Å². The molecule has 1 N–H and O–H groups in total. The monoisotopic (exact) mass is 176 g/mol. The number of amidine groups is 1. The Morgan fingerprint density at radius 2 is 2.08 bits per heavy atom. The zero-order chi connectivity index (χ0) is 9.26. The van der Waals surface area contributed by atoms with Crippen LogP contribution in [0.4, 0.5) is 0 Å². The van der Waals surface area contributed by atoms with Gasteiger partial charge in [-0.15, -0.1) is 0 Å². The van der Waals surface area contributed by atoms with E-state index < -0.39 is 0 Å². The number of hydrogen-bond donors (Lipinski definition) is 1. The summed E-state index contributed by atoms with van der Waals surface area (Å²) in [5.74, 6) is 1.70. The van der Waals surface area contributed by atoms with Gasteiger partial charge in [0.05, 0.1) is 12.1 Å². The normalized spacial score (nSPS) is 21.1. The van der Waals surface area contributed by atoms with Crippen LogP contribution < -0.4 is 5.32 Å². The summed E-state index contributed by atoms with van der Waals surface area (Å²) in [5.41, 5.74) is 0.968. The van der Waals surface area contributed by atoms with E-state index in [2.05, 4.69) is 27.2 Å². The predicted octanol–water partition coefficient (Wildman–Crippen LogP) is 0.523. The molecule has 1 unspecified atom stereocenters. The summed E-state index contributed by atoms with van der Waals surface area (Å²) in [6, 6.07) is 0.427. The van der Waals surface area contributed by atoms with Gasteiger partial charge in [0, 0.05) is 18.4 Å². The van der Waals surface area contributed by atoms with E-state index in [4.69, 9.17) is 0 Å². The molecule has 0 aromatic carbocycles. The van der Waals surface area contributed by atoms with Crippen LogP contribution >= 0.6 is 0 Å². The molecule has 0 fully saturated rings. The molecule has 0 saturated carbocycles. The molecule has 0 spiro atoms. The minimum atomic E-state index is 0.427. The highest BCUT2D eigenvalue weighted by Crippen LogP contribution is 2.03. The molecular weight excluding hydrogens is 164 g/mol. The lowest BCUT2D eigenvalue weighted by atomic mass is 10.3. The zero-order valence-electron chi connectivity index (χ0n) is 7.78. The number of aliphatic imine (C=N–C) groups is 1. The van der Waals surface area contributed by atoms with Crippen molar-refractivity contribution in [3.8, 4) is 0 Å². The van der Waals surface area contributed by atoms with Crippen LogP contribution in [-0.4, -0.2) is 28.4 Å². The van der Waals surface area contributed by atoms with Crippen molar-refractivity contribution in [1.29, 1.82) is 0 Å². The van der Waals surface area contributed by atoms with E-state index in [9.17, 15) is 0 Å². The molecule has 1 atom stereocenters. The Hall–Kier alpha value is -1.45. The molecular formula is C9H12N4. The van der Waals surface area contributed by atoms with Gasteiger partial charge in [0.15, 0.2) is 0 Å². The summed E-state index contributed by atoms with van der Waals surface area (Å²) >= 11 is 0. The van der Waals surface area contributed by atoms with Crippen molar-refractivity contribution in [2.24, 2.45) is 4.99 Å². The Morgan fingerprint density at radius 3 is 2.62 bits per heavy atom. The lowest BCUT2D eigenvalue weighted by molar-refractivity contribution is 0.726. The van der Waals surface area contributed by atoms with E-state index in [0.717, 1.165) is 23.8 Å². The van der Waals surface area contributed by atoms with Gasteiger partial charge in [-0.3, -0.25) is 4.99 Å². The number of hydrogen-bond acceptors (Lipinski definition) is 4. The van der Waals surface area contributed by atoms with Crippen molar-refractivity contribution >= 4 is 5.84 Å². The minimum Gasteiger partial charge on any atom is -0.365 e. The molecule has 2 rings (SSSR count). The highest BCUT2D eigenvalue weighted by Gasteiger charge is 2.14. The molecule has 13 heavy (non-hydrogen) atoms. The molecule has 1 aromatic heterocycles. The van der Waals surface area contributed by atoms with Gasteiger partial charge in [0.2, 0.25) is 0 Å². The van der Waals surface area contributed by atoms with Gasteiger partial charge in [-0.25, -0.2) is 9.97 Å². The second kappa shape index (κ2) is 3.12. The maximum atomic E-state index is 4.34. The first-order chi connectivity index (χ1) is 6.25. The fourth-order valence-electron chi connectivity index (χ4n) is 1.24. The molecule has 1 aliphatic rings.